The number of quaternary nitrogens is 1. The van der Waals surface area contributed by atoms with Crippen LogP contribution in [-0.4, -0.2) is 43.0 Å². The van der Waals surface area contributed by atoms with Crippen molar-refractivity contribution in [2.75, 3.05) is 26.2 Å². The summed E-state index contributed by atoms with van der Waals surface area (Å²) in [7, 11) is 0. The number of carboxylic acid groups (broad SMARTS) is 1. The molecule has 0 aromatic rings. The van der Waals surface area contributed by atoms with Gasteiger partial charge in [-0.05, 0) is 12.8 Å². The van der Waals surface area contributed by atoms with E-state index in [0.717, 1.165) is 26.1 Å². The van der Waals surface area contributed by atoms with Crippen molar-refractivity contribution in [2.45, 2.75) is 71.1 Å². The van der Waals surface area contributed by atoms with Crippen molar-refractivity contribution in [1.82, 2.24) is 0 Å². The second-order valence-corrected chi connectivity index (χ2v) is 6.40. The third-order valence-electron chi connectivity index (χ3n) is 4.40. The zero-order chi connectivity index (χ0) is 15.4. The molecule has 1 aliphatic heterocycles. The summed E-state index contributed by atoms with van der Waals surface area (Å²) in [4.78, 5) is 15.1. The van der Waals surface area contributed by atoms with Gasteiger partial charge in [0.2, 0.25) is 0 Å². The van der Waals surface area contributed by atoms with Gasteiger partial charge in [-0.3, -0.25) is 4.48 Å². The second-order valence-electron chi connectivity index (χ2n) is 6.40. The maximum atomic E-state index is 10.9. The van der Waals surface area contributed by atoms with Crippen molar-refractivity contribution in [3.63, 3.8) is 0 Å². The maximum absolute atomic E-state index is 10.9. The molecule has 0 fully saturated rings. The molecule has 0 saturated carbocycles. The molecular formula is C17H32N2Na2O2+2. The van der Waals surface area contributed by atoms with Crippen LogP contribution in [0.15, 0.2) is 4.99 Å². The van der Waals surface area contributed by atoms with Gasteiger partial charge in [-0.2, -0.15) is 0 Å². The van der Waals surface area contributed by atoms with Crippen LogP contribution in [0.2, 0.25) is 0 Å². The molecule has 0 aromatic heterocycles. The van der Waals surface area contributed by atoms with E-state index >= 15 is 0 Å². The molecule has 0 saturated heterocycles. The largest absolute Gasteiger partial charge is 1.00 e. The fraction of sp³-hybridized carbons (Fsp3) is 0.882. The first kappa shape index (κ1) is 26.3. The Hall–Kier alpha value is 1.10. The number of aliphatic carboxylic acids is 1. The minimum Gasteiger partial charge on any atom is -0.544 e. The van der Waals surface area contributed by atoms with E-state index < -0.39 is 5.97 Å². The van der Waals surface area contributed by atoms with Crippen LogP contribution < -0.4 is 64.2 Å². The van der Waals surface area contributed by atoms with E-state index in [-0.39, 0.29) is 65.7 Å². The molecule has 1 rings (SSSR count). The molecule has 0 spiro atoms. The number of nitrogens with zero attached hydrogens (tertiary/aromatic N) is 2. The van der Waals surface area contributed by atoms with E-state index in [4.69, 9.17) is 0 Å². The summed E-state index contributed by atoms with van der Waals surface area (Å²) in [5.74, 6) is -0.963. The summed E-state index contributed by atoms with van der Waals surface area (Å²) in [6, 6.07) is 0. The summed E-state index contributed by atoms with van der Waals surface area (Å²) in [5, 5.41) is 10.9. The minimum atomic E-state index is -0.963. The summed E-state index contributed by atoms with van der Waals surface area (Å²) in [5.41, 5.74) is 0. The Labute approximate surface area is 186 Å². The van der Waals surface area contributed by atoms with Crippen molar-refractivity contribution in [1.29, 1.82) is 0 Å². The normalized spacial score (nSPS) is 19.2. The van der Waals surface area contributed by atoms with Crippen LogP contribution in [0.5, 0.6) is 0 Å². The zero-order valence-electron chi connectivity index (χ0n) is 15.7. The monoisotopic (exact) mass is 342 g/mol. The molecule has 0 bridgehead atoms. The molecule has 0 aromatic carbocycles. The van der Waals surface area contributed by atoms with E-state index in [0.29, 0.717) is 4.48 Å². The number of carbonyl (C=O) groups excluding carboxylic acids is 1. The quantitative estimate of drug-likeness (QED) is 0.198. The second kappa shape index (κ2) is 16.6. The van der Waals surface area contributed by atoms with Gasteiger partial charge in [0.1, 0.15) is 13.1 Å². The Morgan fingerprint density at radius 1 is 1.00 bits per heavy atom. The Bertz CT molecular complexity index is 328. The van der Waals surface area contributed by atoms with Crippen molar-refractivity contribution < 1.29 is 73.5 Å². The van der Waals surface area contributed by atoms with E-state index in [1.807, 2.05) is 6.34 Å². The number of rotatable bonds is 13. The van der Waals surface area contributed by atoms with E-state index in [2.05, 4.69) is 11.9 Å². The predicted octanol–water partition coefficient (Wildman–Crippen LogP) is -3.48. The molecule has 0 amide bonds. The first-order chi connectivity index (χ1) is 10.2. The van der Waals surface area contributed by atoms with Crippen LogP contribution >= 0.6 is 0 Å². The Morgan fingerprint density at radius 2 is 1.52 bits per heavy atom. The maximum Gasteiger partial charge on any atom is 1.00 e. The minimum absolute atomic E-state index is 0. The SMILES string of the molecule is CCCCCCCCCCCC[N+]1(CC(=O)[O-])C=NCC1.[Na+].[Na+]. The van der Waals surface area contributed by atoms with E-state index in [1.54, 1.807) is 0 Å². The molecule has 6 heteroatoms. The fourth-order valence-electron chi connectivity index (χ4n) is 3.09. The number of hydrogen-bond donors (Lipinski definition) is 0. The predicted molar refractivity (Wildman–Crippen MR) is 85.1 cm³/mol. The van der Waals surface area contributed by atoms with Gasteiger partial charge in [-0.1, -0.05) is 58.3 Å². The van der Waals surface area contributed by atoms with Crippen molar-refractivity contribution in [2.24, 2.45) is 4.99 Å². The molecule has 0 aliphatic carbocycles. The topological polar surface area (TPSA) is 52.5 Å². The van der Waals surface area contributed by atoms with Crippen LogP contribution in [0, 0.1) is 0 Å². The van der Waals surface area contributed by atoms with E-state index in [9.17, 15) is 9.90 Å². The number of unbranched alkanes of at least 4 members (excludes halogenated alkanes) is 9. The summed E-state index contributed by atoms with van der Waals surface area (Å²) in [6.07, 6.45) is 14.9. The van der Waals surface area contributed by atoms with Crippen LogP contribution in [0.3, 0.4) is 0 Å². The molecule has 0 radical (unpaired) electrons. The number of carboxylic acids is 1. The van der Waals surface area contributed by atoms with Crippen LogP contribution in [0.4, 0.5) is 0 Å². The van der Waals surface area contributed by atoms with Crippen LogP contribution in [-0.2, 0) is 4.79 Å². The molecule has 122 valence electrons. The van der Waals surface area contributed by atoms with Crippen molar-refractivity contribution in [3.05, 3.63) is 0 Å². The fourth-order valence-corrected chi connectivity index (χ4v) is 3.09. The molecule has 1 aliphatic rings. The van der Waals surface area contributed by atoms with Crippen LogP contribution in [0.25, 0.3) is 0 Å². The Morgan fingerprint density at radius 3 is 1.96 bits per heavy atom. The third kappa shape index (κ3) is 13.0. The number of carbonyl (C=O) groups is 1. The Balaban J connectivity index is 0. The van der Waals surface area contributed by atoms with Gasteiger partial charge in [0.25, 0.3) is 0 Å². The summed E-state index contributed by atoms with van der Waals surface area (Å²) in [6.45, 7) is 4.81. The first-order valence-electron chi connectivity index (χ1n) is 8.75. The van der Waals surface area contributed by atoms with E-state index in [1.165, 1.54) is 57.8 Å². The molecule has 0 N–H and O–H groups in total. The van der Waals surface area contributed by atoms with Crippen molar-refractivity contribution in [3.8, 4) is 0 Å². The number of hydrogen-bond acceptors (Lipinski definition) is 3. The number of aliphatic imine (C=N–C) groups is 1. The van der Waals surface area contributed by atoms with Gasteiger partial charge < -0.3 is 9.90 Å². The van der Waals surface area contributed by atoms with Gasteiger partial charge in [0.15, 0.2) is 6.34 Å². The molecule has 1 atom stereocenters. The molecule has 1 heterocycles. The molecule has 1 unspecified atom stereocenters. The van der Waals surface area contributed by atoms with Crippen LogP contribution in [0.1, 0.15) is 71.1 Å². The standard InChI is InChI=1S/C17H32N2O2.2Na/c1-2-3-4-5-6-7-8-9-10-11-13-19(15-17(20)21)14-12-18-16-19;;/h16H,2-15H2,1H3;;/q;2*+1. The van der Waals surface area contributed by atoms with Gasteiger partial charge in [-0.15, -0.1) is 0 Å². The summed E-state index contributed by atoms with van der Waals surface area (Å²) >= 11 is 0. The van der Waals surface area contributed by atoms with Gasteiger partial charge >= 0.3 is 59.1 Å². The molecular weight excluding hydrogens is 310 g/mol. The zero-order valence-corrected chi connectivity index (χ0v) is 19.7. The molecule has 23 heavy (non-hydrogen) atoms. The Kier molecular flexibility index (Phi) is 19.0. The average Bonchev–Trinajstić information content (AvgIpc) is 2.89. The smallest absolute Gasteiger partial charge is 0.544 e. The van der Waals surface area contributed by atoms with Gasteiger partial charge in [0, 0.05) is 0 Å². The van der Waals surface area contributed by atoms with Gasteiger partial charge in [0.05, 0.1) is 19.1 Å². The first-order valence-corrected chi connectivity index (χ1v) is 8.75. The molecule has 4 nitrogen and oxygen atoms in total. The summed E-state index contributed by atoms with van der Waals surface area (Å²) < 4.78 is 0.499. The average molecular weight is 342 g/mol. The van der Waals surface area contributed by atoms with Crippen molar-refractivity contribution >= 4 is 12.3 Å². The third-order valence-corrected chi connectivity index (χ3v) is 4.40. The van der Waals surface area contributed by atoms with Gasteiger partial charge in [-0.25, -0.2) is 4.99 Å².